The van der Waals surface area contributed by atoms with Gasteiger partial charge in [0.2, 0.25) is 0 Å². The molecule has 3 nitrogen and oxygen atoms in total. The summed E-state index contributed by atoms with van der Waals surface area (Å²) in [5.41, 5.74) is 0. The number of ether oxygens (including phenoxy) is 1. The molecule has 0 saturated carbocycles. The summed E-state index contributed by atoms with van der Waals surface area (Å²) >= 11 is 5.29. The van der Waals surface area contributed by atoms with Crippen molar-refractivity contribution in [3.05, 3.63) is 23.2 Å². The summed E-state index contributed by atoms with van der Waals surface area (Å²) < 4.78 is 72.0. The molecular weight excluding hydrogens is 276 g/mol. The van der Waals surface area contributed by atoms with Crippen molar-refractivity contribution in [3.8, 4) is 5.75 Å². The van der Waals surface area contributed by atoms with Crippen LogP contribution in [0.25, 0.3) is 0 Å². The predicted molar refractivity (Wildman–Crippen MR) is 46.4 cm³/mol. The SMILES string of the molecule is O=S(=O)(F)c1ccc(OC(F)(F)F)c(Cl)c1. The van der Waals surface area contributed by atoms with Crippen molar-refractivity contribution in [2.45, 2.75) is 11.3 Å². The first-order valence-corrected chi connectivity index (χ1v) is 5.36. The molecule has 0 spiro atoms. The van der Waals surface area contributed by atoms with Crippen molar-refractivity contribution in [1.29, 1.82) is 0 Å². The van der Waals surface area contributed by atoms with E-state index in [1.807, 2.05) is 0 Å². The third-order valence-electron chi connectivity index (χ3n) is 1.41. The van der Waals surface area contributed by atoms with Crippen LogP contribution in [0.3, 0.4) is 0 Å². The molecule has 1 aromatic rings. The lowest BCUT2D eigenvalue weighted by atomic mass is 10.3. The van der Waals surface area contributed by atoms with Gasteiger partial charge >= 0.3 is 16.6 Å². The number of hydrogen-bond donors (Lipinski definition) is 0. The Balaban J connectivity index is 3.11. The topological polar surface area (TPSA) is 43.4 Å². The highest BCUT2D eigenvalue weighted by atomic mass is 35.5. The number of rotatable bonds is 2. The summed E-state index contributed by atoms with van der Waals surface area (Å²) in [6.45, 7) is 0. The maximum atomic E-state index is 12.4. The average molecular weight is 279 g/mol. The number of halogens is 5. The molecule has 0 aliphatic rings. The third-order valence-corrected chi connectivity index (χ3v) is 2.52. The van der Waals surface area contributed by atoms with Gasteiger partial charge in [0.1, 0.15) is 10.6 Å². The van der Waals surface area contributed by atoms with Crippen molar-refractivity contribution in [1.82, 2.24) is 0 Å². The van der Waals surface area contributed by atoms with Gasteiger partial charge < -0.3 is 4.74 Å². The molecule has 90 valence electrons. The monoisotopic (exact) mass is 278 g/mol. The highest BCUT2D eigenvalue weighted by molar-refractivity contribution is 7.86. The van der Waals surface area contributed by atoms with E-state index in [1.165, 1.54) is 0 Å². The van der Waals surface area contributed by atoms with Gasteiger partial charge in [-0.1, -0.05) is 11.6 Å². The van der Waals surface area contributed by atoms with Gasteiger partial charge in [-0.2, -0.15) is 8.42 Å². The van der Waals surface area contributed by atoms with Gasteiger partial charge in [-0.3, -0.25) is 0 Å². The minimum atomic E-state index is -5.01. The van der Waals surface area contributed by atoms with E-state index in [4.69, 9.17) is 11.6 Å². The lowest BCUT2D eigenvalue weighted by Gasteiger charge is -2.10. The molecule has 0 heterocycles. The Morgan fingerprint density at radius 2 is 1.81 bits per heavy atom. The van der Waals surface area contributed by atoms with Crippen molar-refractivity contribution in [3.63, 3.8) is 0 Å². The van der Waals surface area contributed by atoms with Gasteiger partial charge in [0.05, 0.1) is 5.02 Å². The molecular formula is C7H3ClF4O3S. The van der Waals surface area contributed by atoms with E-state index >= 15 is 0 Å². The number of benzene rings is 1. The summed E-state index contributed by atoms with van der Waals surface area (Å²) in [4.78, 5) is -0.841. The maximum absolute atomic E-state index is 12.4. The van der Waals surface area contributed by atoms with Crippen LogP contribution in [0.15, 0.2) is 23.1 Å². The van der Waals surface area contributed by atoms with Crippen molar-refractivity contribution >= 4 is 21.8 Å². The molecule has 0 saturated heterocycles. The third kappa shape index (κ3) is 3.53. The van der Waals surface area contributed by atoms with E-state index in [0.717, 1.165) is 0 Å². The Kier molecular flexibility index (Phi) is 3.34. The molecule has 9 heteroatoms. The predicted octanol–water partition coefficient (Wildman–Crippen LogP) is 2.90. The molecule has 1 rings (SSSR count). The van der Waals surface area contributed by atoms with Crippen molar-refractivity contribution in [2.24, 2.45) is 0 Å². The minimum absolute atomic E-state index is 0.526. The summed E-state index contributed by atoms with van der Waals surface area (Å²) in [5, 5.41) is -0.656. The molecule has 0 fully saturated rings. The maximum Gasteiger partial charge on any atom is 0.573 e. The normalized spacial score (nSPS) is 12.6. The van der Waals surface area contributed by atoms with E-state index in [1.54, 1.807) is 0 Å². The second-order valence-electron chi connectivity index (χ2n) is 2.58. The number of alkyl halides is 3. The van der Waals surface area contributed by atoms with Gasteiger partial charge in [-0.05, 0) is 18.2 Å². The fourth-order valence-electron chi connectivity index (χ4n) is 0.841. The summed E-state index contributed by atoms with van der Waals surface area (Å²) in [5.74, 6) is -0.804. The minimum Gasteiger partial charge on any atom is -0.404 e. The van der Waals surface area contributed by atoms with Crippen LogP contribution in [0, 0.1) is 0 Å². The Hall–Kier alpha value is -1.02. The van der Waals surface area contributed by atoms with E-state index in [2.05, 4.69) is 4.74 Å². The molecule has 16 heavy (non-hydrogen) atoms. The zero-order valence-corrected chi connectivity index (χ0v) is 8.83. The van der Waals surface area contributed by atoms with Crippen LogP contribution >= 0.6 is 11.6 Å². The van der Waals surface area contributed by atoms with Gasteiger partial charge in [0, 0.05) is 0 Å². The smallest absolute Gasteiger partial charge is 0.404 e. The van der Waals surface area contributed by atoms with Gasteiger partial charge in [-0.25, -0.2) is 0 Å². The molecule has 0 amide bonds. The molecule has 1 aromatic carbocycles. The molecule has 0 aliphatic carbocycles. The first kappa shape index (κ1) is 13.0. The first-order chi connectivity index (χ1) is 7.09. The summed E-state index contributed by atoms with van der Waals surface area (Å²) in [6.07, 6.45) is -4.96. The highest BCUT2D eigenvalue weighted by Gasteiger charge is 2.32. The quantitative estimate of drug-likeness (QED) is 0.617. The average Bonchev–Trinajstić information content (AvgIpc) is 2.04. The van der Waals surface area contributed by atoms with E-state index in [9.17, 15) is 25.5 Å². The lowest BCUT2D eigenvalue weighted by Crippen LogP contribution is -2.17. The second-order valence-corrected chi connectivity index (χ2v) is 4.33. The molecule has 0 aromatic heterocycles. The fraction of sp³-hybridized carbons (Fsp3) is 0.143. The van der Waals surface area contributed by atoms with E-state index < -0.39 is 32.3 Å². The Morgan fingerprint density at radius 3 is 2.19 bits per heavy atom. The Bertz CT molecular complexity index is 497. The largest absolute Gasteiger partial charge is 0.573 e. The van der Waals surface area contributed by atoms with Crippen LogP contribution in [0.4, 0.5) is 17.1 Å². The van der Waals surface area contributed by atoms with E-state index in [0.29, 0.717) is 18.2 Å². The van der Waals surface area contributed by atoms with Crippen LogP contribution in [0.2, 0.25) is 5.02 Å². The fourth-order valence-corrected chi connectivity index (χ4v) is 1.61. The summed E-state index contributed by atoms with van der Waals surface area (Å²) in [7, 11) is -5.01. The lowest BCUT2D eigenvalue weighted by molar-refractivity contribution is -0.274. The van der Waals surface area contributed by atoms with E-state index in [-0.39, 0.29) is 0 Å². The molecule has 0 atom stereocenters. The van der Waals surface area contributed by atoms with Crippen LogP contribution in [-0.2, 0) is 10.2 Å². The Morgan fingerprint density at radius 1 is 1.25 bits per heavy atom. The second kappa shape index (κ2) is 4.10. The van der Waals surface area contributed by atoms with Crippen LogP contribution in [0.1, 0.15) is 0 Å². The van der Waals surface area contributed by atoms with Crippen molar-refractivity contribution in [2.75, 3.05) is 0 Å². The summed E-state index contributed by atoms with van der Waals surface area (Å²) in [6, 6.07) is 1.75. The molecule has 0 aliphatic heterocycles. The highest BCUT2D eigenvalue weighted by Crippen LogP contribution is 2.32. The van der Waals surface area contributed by atoms with Crippen LogP contribution in [0.5, 0.6) is 5.75 Å². The standard InChI is InChI=1S/C7H3ClF4O3S/c8-5-3-4(16(12,13)14)1-2-6(5)15-7(9,10)11/h1-3H. The van der Waals surface area contributed by atoms with Crippen LogP contribution in [-0.4, -0.2) is 14.8 Å². The number of hydrogen-bond acceptors (Lipinski definition) is 3. The molecule has 0 N–H and O–H groups in total. The molecule has 0 bridgehead atoms. The van der Waals surface area contributed by atoms with Gasteiger partial charge in [0.25, 0.3) is 0 Å². The molecule has 0 radical (unpaired) electrons. The Labute approximate surface area is 92.8 Å². The van der Waals surface area contributed by atoms with Gasteiger partial charge in [0.15, 0.2) is 0 Å². The zero-order chi connectivity index (χ0) is 12.6. The van der Waals surface area contributed by atoms with Crippen LogP contribution < -0.4 is 4.74 Å². The first-order valence-electron chi connectivity index (χ1n) is 3.59. The van der Waals surface area contributed by atoms with Crippen molar-refractivity contribution < 1.29 is 30.2 Å². The zero-order valence-electron chi connectivity index (χ0n) is 7.25. The van der Waals surface area contributed by atoms with Gasteiger partial charge in [-0.15, -0.1) is 17.1 Å². The molecule has 0 unspecified atom stereocenters.